The second kappa shape index (κ2) is 9.35. The van der Waals surface area contributed by atoms with Gasteiger partial charge in [-0.1, -0.05) is 60.2 Å². The first-order valence-electron chi connectivity index (χ1n) is 10.9. The molecule has 1 aliphatic heterocycles. The van der Waals surface area contributed by atoms with Gasteiger partial charge in [-0.15, -0.1) is 0 Å². The van der Waals surface area contributed by atoms with Gasteiger partial charge in [0, 0.05) is 12.1 Å². The van der Waals surface area contributed by atoms with Crippen LogP contribution in [0, 0.1) is 13.8 Å². The number of benzene rings is 3. The molecule has 0 aliphatic carbocycles. The zero-order valence-corrected chi connectivity index (χ0v) is 19.2. The quantitative estimate of drug-likeness (QED) is 0.261. The fourth-order valence-electron chi connectivity index (χ4n) is 4.23. The molecule has 1 heterocycles. The van der Waals surface area contributed by atoms with Crippen molar-refractivity contribution >= 4 is 23.4 Å². The van der Waals surface area contributed by atoms with Crippen LogP contribution < -0.4 is 0 Å². The van der Waals surface area contributed by atoms with E-state index in [0.29, 0.717) is 16.7 Å². The SMILES string of the molecule is COC(=O)c1ccc(C2C(=C(O)c3cc(C)ccc3C)C(=O)C(=O)N2Cc2ccccc2)cc1. The second-order valence-electron chi connectivity index (χ2n) is 8.34. The number of ether oxygens (including phenoxy) is 1. The van der Waals surface area contributed by atoms with Gasteiger partial charge in [-0.25, -0.2) is 4.79 Å². The molecule has 4 rings (SSSR count). The standard InChI is InChI=1S/C28H25NO5/c1-17-9-10-18(2)22(15-17)25(30)23-24(20-11-13-21(14-12-20)28(33)34-3)29(27(32)26(23)31)16-19-7-5-4-6-8-19/h4-15,24,30H,16H2,1-3H3. The van der Waals surface area contributed by atoms with E-state index in [1.54, 1.807) is 30.3 Å². The van der Waals surface area contributed by atoms with Crippen molar-refractivity contribution in [3.05, 3.63) is 112 Å². The Kier molecular flexibility index (Phi) is 6.32. The normalized spacial score (nSPS) is 17.1. The molecule has 172 valence electrons. The number of methoxy groups -OCH3 is 1. The van der Waals surface area contributed by atoms with Crippen LogP contribution in [-0.4, -0.2) is 34.8 Å². The summed E-state index contributed by atoms with van der Waals surface area (Å²) in [5.41, 5.74) is 4.05. The van der Waals surface area contributed by atoms with E-state index in [0.717, 1.165) is 16.7 Å². The second-order valence-corrected chi connectivity index (χ2v) is 8.34. The molecule has 0 spiro atoms. The van der Waals surface area contributed by atoms with Gasteiger partial charge in [-0.05, 0) is 48.7 Å². The Balaban J connectivity index is 1.88. The van der Waals surface area contributed by atoms with Gasteiger partial charge in [0.2, 0.25) is 0 Å². The Morgan fingerprint density at radius 1 is 0.971 bits per heavy atom. The predicted molar refractivity (Wildman–Crippen MR) is 128 cm³/mol. The van der Waals surface area contributed by atoms with Crippen LogP contribution >= 0.6 is 0 Å². The largest absolute Gasteiger partial charge is 0.507 e. The van der Waals surface area contributed by atoms with Crippen molar-refractivity contribution in [1.29, 1.82) is 0 Å². The molecule has 6 heteroatoms. The molecule has 0 radical (unpaired) electrons. The number of carbonyl (C=O) groups is 3. The third-order valence-corrected chi connectivity index (χ3v) is 6.03. The molecular formula is C28H25NO5. The van der Waals surface area contributed by atoms with E-state index in [1.165, 1.54) is 12.0 Å². The van der Waals surface area contributed by atoms with E-state index in [2.05, 4.69) is 0 Å². The molecule has 1 saturated heterocycles. The molecule has 3 aromatic carbocycles. The number of aliphatic hydroxyl groups excluding tert-OH is 1. The number of aliphatic hydroxyl groups is 1. The molecule has 6 nitrogen and oxygen atoms in total. The maximum atomic E-state index is 13.2. The van der Waals surface area contributed by atoms with Crippen molar-refractivity contribution in [3.8, 4) is 0 Å². The summed E-state index contributed by atoms with van der Waals surface area (Å²) in [6.45, 7) is 3.93. The summed E-state index contributed by atoms with van der Waals surface area (Å²) >= 11 is 0. The number of carbonyl (C=O) groups excluding carboxylic acids is 3. The monoisotopic (exact) mass is 455 g/mol. The topological polar surface area (TPSA) is 83.9 Å². The Morgan fingerprint density at radius 2 is 1.65 bits per heavy atom. The summed E-state index contributed by atoms with van der Waals surface area (Å²) < 4.78 is 4.77. The molecule has 1 unspecified atom stereocenters. The number of ketones is 1. The van der Waals surface area contributed by atoms with Crippen LogP contribution in [0.5, 0.6) is 0 Å². The summed E-state index contributed by atoms with van der Waals surface area (Å²) in [7, 11) is 1.30. The Hall–Kier alpha value is -4.19. The number of hydrogen-bond donors (Lipinski definition) is 1. The lowest BCUT2D eigenvalue weighted by Gasteiger charge is -2.25. The zero-order valence-electron chi connectivity index (χ0n) is 19.2. The van der Waals surface area contributed by atoms with Gasteiger partial charge >= 0.3 is 5.97 Å². The fraction of sp³-hybridized carbons (Fsp3) is 0.179. The van der Waals surface area contributed by atoms with E-state index < -0.39 is 23.7 Å². The molecule has 1 atom stereocenters. The highest BCUT2D eigenvalue weighted by atomic mass is 16.5. The Labute approximate surface area is 198 Å². The van der Waals surface area contributed by atoms with E-state index in [4.69, 9.17) is 4.74 Å². The maximum Gasteiger partial charge on any atom is 0.337 e. The first-order chi connectivity index (χ1) is 16.3. The smallest absolute Gasteiger partial charge is 0.337 e. The van der Waals surface area contributed by atoms with Crippen molar-refractivity contribution < 1.29 is 24.2 Å². The number of Topliss-reactive ketones (excluding diaryl/α,β-unsaturated/α-hetero) is 1. The van der Waals surface area contributed by atoms with Gasteiger partial charge in [0.15, 0.2) is 0 Å². The number of amides is 1. The number of likely N-dealkylation sites (tertiary alicyclic amines) is 1. The van der Waals surface area contributed by atoms with Gasteiger partial charge in [-0.2, -0.15) is 0 Å². The highest BCUT2D eigenvalue weighted by molar-refractivity contribution is 6.46. The number of nitrogens with zero attached hydrogens (tertiary/aromatic N) is 1. The van der Waals surface area contributed by atoms with Crippen molar-refractivity contribution in [3.63, 3.8) is 0 Å². The summed E-state index contributed by atoms with van der Waals surface area (Å²) in [5.74, 6) is -2.12. The summed E-state index contributed by atoms with van der Waals surface area (Å²) in [6, 6.07) is 20.7. The lowest BCUT2D eigenvalue weighted by atomic mass is 9.92. The average Bonchev–Trinajstić information content (AvgIpc) is 3.10. The van der Waals surface area contributed by atoms with Crippen molar-refractivity contribution in [2.24, 2.45) is 0 Å². The molecule has 1 amide bonds. The van der Waals surface area contributed by atoms with Crippen molar-refractivity contribution in [2.75, 3.05) is 7.11 Å². The maximum absolute atomic E-state index is 13.2. The Bertz CT molecular complexity index is 1290. The summed E-state index contributed by atoms with van der Waals surface area (Å²) in [5, 5.41) is 11.3. The molecule has 1 fully saturated rings. The molecule has 0 saturated carbocycles. The van der Waals surface area contributed by atoms with Crippen molar-refractivity contribution in [1.82, 2.24) is 4.90 Å². The molecule has 3 aromatic rings. The van der Waals surface area contributed by atoms with Crippen LogP contribution in [0.25, 0.3) is 5.76 Å². The van der Waals surface area contributed by atoms with Crippen molar-refractivity contribution in [2.45, 2.75) is 26.4 Å². The minimum atomic E-state index is -0.813. The van der Waals surface area contributed by atoms with Gasteiger partial charge in [0.05, 0.1) is 24.3 Å². The van der Waals surface area contributed by atoms with Gasteiger partial charge < -0.3 is 14.7 Å². The average molecular weight is 456 g/mol. The Morgan fingerprint density at radius 3 is 2.29 bits per heavy atom. The number of aryl methyl sites for hydroxylation is 2. The van der Waals surface area contributed by atoms with Crippen LogP contribution in [0.15, 0.2) is 78.4 Å². The number of esters is 1. The lowest BCUT2D eigenvalue weighted by molar-refractivity contribution is -0.140. The third-order valence-electron chi connectivity index (χ3n) is 6.03. The van der Waals surface area contributed by atoms with Gasteiger partial charge in [0.1, 0.15) is 5.76 Å². The first-order valence-corrected chi connectivity index (χ1v) is 10.9. The highest BCUT2D eigenvalue weighted by Crippen LogP contribution is 2.41. The van der Waals surface area contributed by atoms with Crippen LogP contribution in [0.2, 0.25) is 0 Å². The highest BCUT2D eigenvalue weighted by Gasteiger charge is 2.46. The number of rotatable bonds is 5. The molecule has 0 bridgehead atoms. The lowest BCUT2D eigenvalue weighted by Crippen LogP contribution is -2.29. The third kappa shape index (κ3) is 4.22. The van der Waals surface area contributed by atoms with Crippen LogP contribution in [0.1, 0.15) is 44.2 Å². The summed E-state index contributed by atoms with van der Waals surface area (Å²) in [6.07, 6.45) is 0. The molecule has 34 heavy (non-hydrogen) atoms. The van der Waals surface area contributed by atoms with Gasteiger partial charge in [0.25, 0.3) is 11.7 Å². The van der Waals surface area contributed by atoms with E-state index in [9.17, 15) is 19.5 Å². The van der Waals surface area contributed by atoms with Crippen LogP contribution in [0.4, 0.5) is 0 Å². The zero-order chi connectivity index (χ0) is 24.4. The minimum Gasteiger partial charge on any atom is -0.507 e. The van der Waals surface area contributed by atoms with Crippen LogP contribution in [0.3, 0.4) is 0 Å². The van der Waals surface area contributed by atoms with E-state index >= 15 is 0 Å². The van der Waals surface area contributed by atoms with E-state index in [-0.39, 0.29) is 17.9 Å². The molecule has 1 aliphatic rings. The molecule has 1 N–H and O–H groups in total. The first kappa shape index (κ1) is 23.0. The number of hydrogen-bond acceptors (Lipinski definition) is 5. The minimum absolute atomic E-state index is 0.0282. The van der Waals surface area contributed by atoms with Gasteiger partial charge in [-0.3, -0.25) is 9.59 Å². The van der Waals surface area contributed by atoms with Crippen LogP contribution in [-0.2, 0) is 20.9 Å². The molecular weight excluding hydrogens is 430 g/mol. The molecule has 0 aromatic heterocycles. The fourth-order valence-corrected chi connectivity index (χ4v) is 4.23. The predicted octanol–water partition coefficient (Wildman–Crippen LogP) is 4.71. The van der Waals surface area contributed by atoms with E-state index in [1.807, 2.05) is 56.3 Å². The summed E-state index contributed by atoms with van der Waals surface area (Å²) in [4.78, 5) is 39.8.